The highest BCUT2D eigenvalue weighted by molar-refractivity contribution is 6.99. The minimum absolute atomic E-state index is 0.0291. The van der Waals surface area contributed by atoms with Gasteiger partial charge < -0.3 is 23.4 Å². The summed E-state index contributed by atoms with van der Waals surface area (Å²) in [6.07, 6.45) is 6.19. The number of allylic oxidation sites excluding steroid dienone is 1. The fraction of sp³-hybridized carbons (Fsp3) is 0.562. The van der Waals surface area contributed by atoms with Gasteiger partial charge in [0.2, 0.25) is 0 Å². The van der Waals surface area contributed by atoms with Gasteiger partial charge in [0.05, 0.1) is 24.2 Å². The van der Waals surface area contributed by atoms with Crippen LogP contribution in [0.25, 0.3) is 0 Å². The maximum atomic E-state index is 7.29. The maximum Gasteiger partial charge on any atom is 0.261 e. The summed E-state index contributed by atoms with van der Waals surface area (Å²) in [6, 6.07) is 21.6. The molecule has 0 spiro atoms. The highest BCUT2D eigenvalue weighted by Crippen LogP contribution is 2.59. The summed E-state index contributed by atoms with van der Waals surface area (Å²) in [6.45, 7) is 14.4. The van der Waals surface area contributed by atoms with Crippen LogP contribution in [-0.2, 0) is 23.4 Å². The lowest BCUT2D eigenvalue weighted by molar-refractivity contribution is -0.310. The van der Waals surface area contributed by atoms with Gasteiger partial charge in [0, 0.05) is 20.1 Å². The number of rotatable bonds is 12. The molecule has 0 amide bonds. The number of hydrogen-bond donors (Lipinski definition) is 0. The van der Waals surface area contributed by atoms with Gasteiger partial charge in [-0.05, 0) is 48.0 Å². The van der Waals surface area contributed by atoms with Crippen molar-refractivity contribution in [3.05, 3.63) is 73.3 Å². The van der Waals surface area contributed by atoms with Gasteiger partial charge in [0.15, 0.2) is 5.79 Å². The van der Waals surface area contributed by atoms with E-state index >= 15 is 0 Å². The van der Waals surface area contributed by atoms with Crippen LogP contribution in [0.2, 0.25) is 5.04 Å². The van der Waals surface area contributed by atoms with E-state index in [0.29, 0.717) is 13.2 Å². The molecule has 0 N–H and O–H groups in total. The van der Waals surface area contributed by atoms with Gasteiger partial charge in [-0.25, -0.2) is 0 Å². The van der Waals surface area contributed by atoms with Gasteiger partial charge in [0.25, 0.3) is 8.32 Å². The second-order valence-corrected chi connectivity index (χ2v) is 16.0. The molecule has 5 nitrogen and oxygen atoms in total. The lowest BCUT2D eigenvalue weighted by Crippen LogP contribution is -2.67. The fourth-order valence-electron chi connectivity index (χ4n) is 7.05. The van der Waals surface area contributed by atoms with Crippen LogP contribution in [0.4, 0.5) is 0 Å². The van der Waals surface area contributed by atoms with E-state index in [0.717, 1.165) is 32.1 Å². The Labute approximate surface area is 230 Å². The molecule has 208 valence electrons. The van der Waals surface area contributed by atoms with Crippen LogP contribution in [0.15, 0.2) is 73.3 Å². The molecule has 0 aromatic heterocycles. The largest absolute Gasteiger partial charge is 0.405 e. The summed E-state index contributed by atoms with van der Waals surface area (Å²) in [7, 11) is -1.01. The Kier molecular flexibility index (Phi) is 9.33. The zero-order valence-electron chi connectivity index (χ0n) is 23.9. The van der Waals surface area contributed by atoms with Crippen LogP contribution < -0.4 is 10.4 Å². The van der Waals surface area contributed by atoms with Crippen LogP contribution in [0, 0.1) is 5.41 Å². The number of fused-ring (bicyclic) bond motifs is 1. The Morgan fingerprint density at radius 1 is 1.05 bits per heavy atom. The highest BCUT2D eigenvalue weighted by Gasteiger charge is 2.65. The van der Waals surface area contributed by atoms with Crippen LogP contribution in [-0.4, -0.2) is 53.4 Å². The Hall–Kier alpha value is -1.80. The molecule has 1 saturated heterocycles. The standard InChI is InChI=1S/C32H46O5Si/c1-7-21-31-23-26(37-32(31,35-8-2)22-15-20-29(31)34-25-33-6)24-36-38(30(3,4)5,27-16-11-9-12-17-27)28-18-13-10-14-19-28/h7,9-14,16-19,26,29H,1,8,15,20-25H2,2-6H3/t26-,29+,31-,32+/m0/s1. The van der Waals surface area contributed by atoms with Crippen molar-refractivity contribution < 1.29 is 23.4 Å². The van der Waals surface area contributed by atoms with E-state index < -0.39 is 14.1 Å². The topological polar surface area (TPSA) is 46.2 Å². The molecule has 2 aliphatic rings. The number of ether oxygens (including phenoxy) is 4. The lowest BCUT2D eigenvalue weighted by atomic mass is 9.64. The molecule has 0 radical (unpaired) electrons. The van der Waals surface area contributed by atoms with Crippen LogP contribution in [0.3, 0.4) is 0 Å². The summed E-state index contributed by atoms with van der Waals surface area (Å²) < 4.78 is 32.4. The molecular weight excluding hydrogens is 492 g/mol. The molecule has 6 heteroatoms. The van der Waals surface area contributed by atoms with Crippen molar-refractivity contribution in [1.82, 2.24) is 0 Å². The van der Waals surface area contributed by atoms with Crippen molar-refractivity contribution in [1.29, 1.82) is 0 Å². The highest BCUT2D eigenvalue weighted by atomic mass is 28.4. The van der Waals surface area contributed by atoms with E-state index in [-0.39, 0.29) is 29.5 Å². The first kappa shape index (κ1) is 29.2. The minimum atomic E-state index is -2.68. The van der Waals surface area contributed by atoms with E-state index in [1.807, 2.05) is 13.0 Å². The molecule has 1 saturated carbocycles. The molecule has 2 fully saturated rings. The zero-order valence-corrected chi connectivity index (χ0v) is 24.9. The summed E-state index contributed by atoms with van der Waals surface area (Å²) in [5, 5.41) is 2.45. The van der Waals surface area contributed by atoms with Gasteiger partial charge in [-0.1, -0.05) is 87.5 Å². The third-order valence-electron chi connectivity index (χ3n) is 8.47. The van der Waals surface area contributed by atoms with Crippen molar-refractivity contribution in [2.75, 3.05) is 27.1 Å². The monoisotopic (exact) mass is 538 g/mol. The molecule has 4 atom stereocenters. The first-order chi connectivity index (χ1) is 18.3. The molecule has 2 aromatic carbocycles. The molecule has 2 aromatic rings. The summed E-state index contributed by atoms with van der Waals surface area (Å²) in [5.74, 6) is -0.716. The van der Waals surface area contributed by atoms with Gasteiger partial charge in [-0.3, -0.25) is 0 Å². The third-order valence-corrected chi connectivity index (χ3v) is 13.5. The summed E-state index contributed by atoms with van der Waals surface area (Å²) >= 11 is 0. The molecule has 4 rings (SSSR count). The average molecular weight is 539 g/mol. The first-order valence-electron chi connectivity index (χ1n) is 14.1. The normalized spacial score (nSPS) is 27.7. The van der Waals surface area contributed by atoms with Crippen molar-refractivity contribution in [3.63, 3.8) is 0 Å². The molecule has 1 aliphatic heterocycles. The van der Waals surface area contributed by atoms with Crippen molar-refractivity contribution in [2.24, 2.45) is 5.41 Å². The molecule has 1 heterocycles. The predicted octanol–water partition coefficient (Wildman–Crippen LogP) is 5.82. The Morgan fingerprint density at radius 3 is 2.21 bits per heavy atom. The molecule has 0 bridgehead atoms. The number of methoxy groups -OCH3 is 1. The first-order valence-corrected chi connectivity index (χ1v) is 16.0. The third kappa shape index (κ3) is 5.19. The minimum Gasteiger partial charge on any atom is -0.405 e. The van der Waals surface area contributed by atoms with Gasteiger partial charge in [0.1, 0.15) is 6.79 Å². The molecule has 0 unspecified atom stereocenters. The van der Waals surface area contributed by atoms with Crippen LogP contribution >= 0.6 is 0 Å². The van der Waals surface area contributed by atoms with Crippen molar-refractivity contribution in [2.45, 2.75) is 82.8 Å². The van der Waals surface area contributed by atoms with E-state index in [1.54, 1.807) is 7.11 Å². The molecule has 38 heavy (non-hydrogen) atoms. The zero-order chi connectivity index (χ0) is 27.3. The molecular formula is C32H46O5Si. The number of hydrogen-bond acceptors (Lipinski definition) is 5. The van der Waals surface area contributed by atoms with Crippen molar-refractivity contribution >= 4 is 18.7 Å². The summed E-state index contributed by atoms with van der Waals surface area (Å²) in [5.41, 5.74) is -0.332. The van der Waals surface area contributed by atoms with Gasteiger partial charge >= 0.3 is 0 Å². The maximum absolute atomic E-state index is 7.29. The quantitative estimate of drug-likeness (QED) is 0.194. The van der Waals surface area contributed by atoms with E-state index in [2.05, 4.69) is 88.0 Å². The Morgan fingerprint density at radius 2 is 1.68 bits per heavy atom. The second-order valence-electron chi connectivity index (χ2n) is 11.7. The Balaban J connectivity index is 1.71. The van der Waals surface area contributed by atoms with Crippen molar-refractivity contribution in [3.8, 4) is 0 Å². The van der Waals surface area contributed by atoms with E-state index in [9.17, 15) is 0 Å². The van der Waals surface area contributed by atoms with Crippen LogP contribution in [0.5, 0.6) is 0 Å². The average Bonchev–Trinajstić information content (AvgIpc) is 3.23. The fourth-order valence-corrected chi connectivity index (χ4v) is 11.6. The van der Waals surface area contributed by atoms with Gasteiger partial charge in [-0.2, -0.15) is 0 Å². The second kappa shape index (κ2) is 12.2. The van der Waals surface area contributed by atoms with E-state index in [4.69, 9.17) is 23.4 Å². The summed E-state index contributed by atoms with van der Waals surface area (Å²) in [4.78, 5) is 0. The van der Waals surface area contributed by atoms with Gasteiger partial charge in [-0.15, -0.1) is 6.58 Å². The van der Waals surface area contributed by atoms with Crippen LogP contribution in [0.1, 0.15) is 59.8 Å². The Bertz CT molecular complexity index is 980. The SMILES string of the molecule is C=CC[C@@]12C[C@@H](CO[Si](c3ccccc3)(c3ccccc3)C(C)(C)C)O[C@]1(OCC)CCC[C@H]2OCOC. The predicted molar refractivity (Wildman–Crippen MR) is 155 cm³/mol. The lowest BCUT2D eigenvalue weighted by Gasteiger charge is -2.51. The van der Waals surface area contributed by atoms with E-state index in [1.165, 1.54) is 10.4 Å². The number of benzene rings is 2. The smallest absolute Gasteiger partial charge is 0.261 e. The molecule has 1 aliphatic carbocycles.